The first kappa shape index (κ1) is 17.4. The summed E-state index contributed by atoms with van der Waals surface area (Å²) in [6.45, 7) is 7.50. The Morgan fingerprint density at radius 2 is 1.80 bits per heavy atom. The van der Waals surface area contributed by atoms with Gasteiger partial charge in [0.1, 0.15) is 0 Å². The molecule has 4 nitrogen and oxygen atoms in total. The summed E-state index contributed by atoms with van der Waals surface area (Å²) in [6.07, 6.45) is 5.21. The number of nitrogens with two attached hydrogens (primary N) is 1. The second-order valence-corrected chi connectivity index (χ2v) is 6.76. The van der Waals surface area contributed by atoms with Crippen molar-refractivity contribution in [2.75, 3.05) is 40.3 Å². The molecule has 20 heavy (non-hydrogen) atoms. The van der Waals surface area contributed by atoms with E-state index in [1.54, 1.807) is 0 Å². The minimum Gasteiger partial charge on any atom is -0.341 e. The van der Waals surface area contributed by atoms with Gasteiger partial charge in [-0.3, -0.25) is 4.79 Å². The van der Waals surface area contributed by atoms with Crippen LogP contribution in [0.3, 0.4) is 0 Å². The quantitative estimate of drug-likeness (QED) is 0.777. The maximum atomic E-state index is 13.0. The summed E-state index contributed by atoms with van der Waals surface area (Å²) in [4.78, 5) is 17.2. The van der Waals surface area contributed by atoms with Crippen LogP contribution < -0.4 is 5.73 Å². The van der Waals surface area contributed by atoms with Crippen LogP contribution in [0, 0.1) is 11.3 Å². The lowest BCUT2D eigenvalue weighted by atomic mass is 9.70. The van der Waals surface area contributed by atoms with Crippen LogP contribution in [0.15, 0.2) is 0 Å². The van der Waals surface area contributed by atoms with Gasteiger partial charge in [-0.05, 0) is 52.1 Å². The number of nitrogens with zero attached hydrogens (tertiary/aromatic N) is 2. The maximum absolute atomic E-state index is 13.0. The molecule has 1 aliphatic rings. The molecule has 0 saturated heterocycles. The first-order chi connectivity index (χ1) is 9.45. The van der Waals surface area contributed by atoms with Gasteiger partial charge >= 0.3 is 0 Å². The number of likely N-dealkylation sites (N-methyl/N-ethyl adjacent to an activating group) is 1. The topological polar surface area (TPSA) is 49.6 Å². The van der Waals surface area contributed by atoms with Gasteiger partial charge in [0, 0.05) is 26.2 Å². The minimum atomic E-state index is -0.284. The number of rotatable bonds is 7. The summed E-state index contributed by atoms with van der Waals surface area (Å²) in [7, 11) is 4.10. The van der Waals surface area contributed by atoms with Crippen LogP contribution in [-0.2, 0) is 4.79 Å². The molecule has 0 unspecified atom stereocenters. The van der Waals surface area contributed by atoms with Crippen LogP contribution in [-0.4, -0.2) is 56.0 Å². The van der Waals surface area contributed by atoms with Crippen molar-refractivity contribution in [1.82, 2.24) is 9.80 Å². The third-order valence-electron chi connectivity index (χ3n) is 4.67. The predicted octanol–water partition coefficient (Wildman–Crippen LogP) is 1.94. The molecule has 2 N–H and O–H groups in total. The second kappa shape index (κ2) is 7.99. The van der Waals surface area contributed by atoms with Crippen molar-refractivity contribution in [1.29, 1.82) is 0 Å². The second-order valence-electron chi connectivity index (χ2n) is 6.76. The Morgan fingerprint density at radius 3 is 2.25 bits per heavy atom. The Hall–Kier alpha value is -0.610. The zero-order valence-electron chi connectivity index (χ0n) is 13.8. The zero-order chi connectivity index (χ0) is 15.2. The highest BCUT2D eigenvalue weighted by Gasteiger charge is 2.41. The third-order valence-corrected chi connectivity index (χ3v) is 4.67. The monoisotopic (exact) mass is 283 g/mol. The van der Waals surface area contributed by atoms with Gasteiger partial charge in [0.25, 0.3) is 0 Å². The van der Waals surface area contributed by atoms with Crippen LogP contribution in [0.1, 0.15) is 46.0 Å². The van der Waals surface area contributed by atoms with E-state index < -0.39 is 0 Å². The van der Waals surface area contributed by atoms with Gasteiger partial charge in [-0.2, -0.15) is 0 Å². The molecule has 0 atom stereocenters. The van der Waals surface area contributed by atoms with E-state index in [1.807, 2.05) is 4.90 Å². The highest BCUT2D eigenvalue weighted by atomic mass is 16.2. The first-order valence-corrected chi connectivity index (χ1v) is 8.09. The van der Waals surface area contributed by atoms with Gasteiger partial charge in [-0.25, -0.2) is 0 Å². The van der Waals surface area contributed by atoms with Crippen LogP contribution in [0.5, 0.6) is 0 Å². The summed E-state index contributed by atoms with van der Waals surface area (Å²) in [6, 6.07) is 0. The molecule has 0 aromatic rings. The maximum Gasteiger partial charge on any atom is 0.230 e. The number of amides is 1. The Labute approximate surface area is 124 Å². The van der Waals surface area contributed by atoms with E-state index in [4.69, 9.17) is 5.73 Å². The molecule has 0 heterocycles. The van der Waals surface area contributed by atoms with Crippen molar-refractivity contribution in [2.45, 2.75) is 46.0 Å². The first-order valence-electron chi connectivity index (χ1n) is 8.09. The summed E-state index contributed by atoms with van der Waals surface area (Å²) >= 11 is 0. The highest BCUT2D eigenvalue weighted by molar-refractivity contribution is 5.83. The molecule has 0 aromatic heterocycles. The van der Waals surface area contributed by atoms with E-state index in [1.165, 1.54) is 0 Å². The number of carbonyl (C=O) groups is 1. The van der Waals surface area contributed by atoms with Gasteiger partial charge in [-0.1, -0.05) is 13.8 Å². The standard InChI is InChI=1S/C16H33N3O/c1-5-10-19(12-11-18(3)4)15(20)16(13-17)8-6-14(2)7-9-16/h14H,5-13,17H2,1-4H3. The van der Waals surface area contributed by atoms with E-state index in [2.05, 4.69) is 32.8 Å². The van der Waals surface area contributed by atoms with Crippen LogP contribution >= 0.6 is 0 Å². The SMILES string of the molecule is CCCN(CCN(C)C)C(=O)C1(CN)CCC(C)CC1. The fourth-order valence-corrected chi connectivity index (χ4v) is 3.06. The minimum absolute atomic E-state index is 0.284. The number of hydrogen-bond donors (Lipinski definition) is 1. The molecule has 118 valence electrons. The molecule has 0 radical (unpaired) electrons. The summed E-state index contributed by atoms with van der Waals surface area (Å²) in [5.41, 5.74) is 5.73. The predicted molar refractivity (Wildman–Crippen MR) is 84.5 cm³/mol. The Bertz CT molecular complexity index is 296. The van der Waals surface area contributed by atoms with Crippen molar-refractivity contribution in [3.63, 3.8) is 0 Å². The lowest BCUT2D eigenvalue weighted by Crippen LogP contribution is -2.51. The molecule has 1 saturated carbocycles. The lowest BCUT2D eigenvalue weighted by Gasteiger charge is -2.41. The molecule has 1 rings (SSSR count). The zero-order valence-corrected chi connectivity index (χ0v) is 13.8. The number of carbonyl (C=O) groups excluding carboxylic acids is 1. The molecule has 1 aliphatic carbocycles. The third kappa shape index (κ3) is 4.45. The molecule has 0 aromatic carbocycles. The summed E-state index contributed by atoms with van der Waals surface area (Å²) in [5, 5.41) is 0. The van der Waals surface area contributed by atoms with E-state index >= 15 is 0 Å². The average Bonchev–Trinajstić information content (AvgIpc) is 2.44. The summed E-state index contributed by atoms with van der Waals surface area (Å²) < 4.78 is 0. The van der Waals surface area contributed by atoms with Gasteiger partial charge in [0.15, 0.2) is 0 Å². The van der Waals surface area contributed by atoms with Crippen molar-refractivity contribution in [3.05, 3.63) is 0 Å². The fourth-order valence-electron chi connectivity index (χ4n) is 3.06. The number of hydrogen-bond acceptors (Lipinski definition) is 3. The highest BCUT2D eigenvalue weighted by Crippen LogP contribution is 2.39. The van der Waals surface area contributed by atoms with E-state index in [-0.39, 0.29) is 5.41 Å². The van der Waals surface area contributed by atoms with Crippen molar-refractivity contribution in [2.24, 2.45) is 17.1 Å². The van der Waals surface area contributed by atoms with Crippen molar-refractivity contribution >= 4 is 5.91 Å². The van der Waals surface area contributed by atoms with Crippen molar-refractivity contribution in [3.8, 4) is 0 Å². The largest absolute Gasteiger partial charge is 0.341 e. The lowest BCUT2D eigenvalue weighted by molar-refractivity contribution is -0.144. The van der Waals surface area contributed by atoms with Gasteiger partial charge in [0.05, 0.1) is 5.41 Å². The molecule has 4 heteroatoms. The molecule has 0 bridgehead atoms. The van der Waals surface area contributed by atoms with Crippen LogP contribution in [0.4, 0.5) is 0 Å². The van der Waals surface area contributed by atoms with Gasteiger partial charge < -0.3 is 15.5 Å². The normalized spacial score (nSPS) is 26.8. The Morgan fingerprint density at radius 1 is 1.20 bits per heavy atom. The Kier molecular flexibility index (Phi) is 6.96. The molecule has 0 spiro atoms. The molecule has 1 amide bonds. The molecular formula is C16H33N3O. The smallest absolute Gasteiger partial charge is 0.230 e. The fraction of sp³-hybridized carbons (Fsp3) is 0.938. The average molecular weight is 283 g/mol. The molecule has 1 fully saturated rings. The van der Waals surface area contributed by atoms with E-state index in [0.29, 0.717) is 12.5 Å². The van der Waals surface area contributed by atoms with Gasteiger partial charge in [0.2, 0.25) is 5.91 Å². The summed E-state index contributed by atoms with van der Waals surface area (Å²) in [5.74, 6) is 1.04. The van der Waals surface area contributed by atoms with Gasteiger partial charge in [-0.15, -0.1) is 0 Å². The van der Waals surface area contributed by atoms with E-state index in [0.717, 1.165) is 57.7 Å². The van der Waals surface area contributed by atoms with Crippen LogP contribution in [0.2, 0.25) is 0 Å². The van der Waals surface area contributed by atoms with E-state index in [9.17, 15) is 4.79 Å². The Balaban J connectivity index is 2.74. The molecular weight excluding hydrogens is 250 g/mol. The van der Waals surface area contributed by atoms with Crippen molar-refractivity contribution < 1.29 is 4.79 Å². The molecule has 0 aliphatic heterocycles. The van der Waals surface area contributed by atoms with Crippen LogP contribution in [0.25, 0.3) is 0 Å².